The van der Waals surface area contributed by atoms with Crippen LogP contribution in [0.4, 0.5) is 10.5 Å². The number of nitrogens with one attached hydrogen (secondary N) is 3. The number of benzene rings is 1. The molecule has 0 bridgehead atoms. The van der Waals surface area contributed by atoms with Gasteiger partial charge in [0.15, 0.2) is 0 Å². The van der Waals surface area contributed by atoms with E-state index in [9.17, 15) is 14.4 Å². The molecule has 1 aliphatic rings. The Bertz CT molecular complexity index is 480. The molecule has 1 fully saturated rings. The van der Waals surface area contributed by atoms with E-state index in [1.54, 1.807) is 12.1 Å². The number of aryl methyl sites for hydroxylation is 1. The van der Waals surface area contributed by atoms with Crippen LogP contribution in [0, 0.1) is 6.92 Å². The fourth-order valence-electron chi connectivity index (χ4n) is 1.63. The maximum atomic E-state index is 11.8. The summed E-state index contributed by atoms with van der Waals surface area (Å²) < 4.78 is 0. The second-order valence-corrected chi connectivity index (χ2v) is 4.13. The topological polar surface area (TPSA) is 87.3 Å². The average Bonchev–Trinajstić information content (AvgIpc) is 2.31. The summed E-state index contributed by atoms with van der Waals surface area (Å²) in [5.74, 6) is -0.857. The van der Waals surface area contributed by atoms with Gasteiger partial charge in [0.1, 0.15) is 6.04 Å². The third-order valence-electron chi connectivity index (χ3n) is 2.58. The molecule has 2 rings (SSSR count). The van der Waals surface area contributed by atoms with Crippen LogP contribution >= 0.6 is 0 Å². The summed E-state index contributed by atoms with van der Waals surface area (Å²) >= 11 is 0. The van der Waals surface area contributed by atoms with Gasteiger partial charge in [-0.15, -0.1) is 0 Å². The van der Waals surface area contributed by atoms with E-state index in [0.717, 1.165) is 5.56 Å². The molecule has 0 unspecified atom stereocenters. The Morgan fingerprint density at radius 3 is 2.56 bits per heavy atom. The van der Waals surface area contributed by atoms with Crippen molar-refractivity contribution in [2.45, 2.75) is 19.4 Å². The van der Waals surface area contributed by atoms with Gasteiger partial charge in [0.25, 0.3) is 0 Å². The minimum atomic E-state index is -0.826. The molecule has 0 saturated carbocycles. The van der Waals surface area contributed by atoms with E-state index in [1.807, 2.05) is 19.1 Å². The SMILES string of the molecule is Cc1ccc(NC(=O)[C@@H]2CC(=O)NC(=O)N2)cc1. The molecular weight excluding hydrogens is 234 g/mol. The van der Waals surface area contributed by atoms with Crippen LogP contribution in [0.5, 0.6) is 0 Å². The zero-order valence-electron chi connectivity index (χ0n) is 9.82. The standard InChI is InChI=1S/C12H13N3O3/c1-7-2-4-8(5-3-7)13-11(17)9-6-10(16)15-12(18)14-9/h2-5,9H,6H2,1H3,(H,13,17)(H2,14,15,16,18)/t9-/m0/s1. The first-order chi connectivity index (χ1) is 8.54. The Balaban J connectivity index is 2.01. The van der Waals surface area contributed by atoms with Crippen molar-refractivity contribution in [1.29, 1.82) is 0 Å². The van der Waals surface area contributed by atoms with Crippen molar-refractivity contribution in [2.24, 2.45) is 0 Å². The van der Waals surface area contributed by atoms with E-state index >= 15 is 0 Å². The van der Waals surface area contributed by atoms with Gasteiger partial charge in [-0.3, -0.25) is 14.9 Å². The third kappa shape index (κ3) is 2.85. The third-order valence-corrected chi connectivity index (χ3v) is 2.58. The Kier molecular flexibility index (Phi) is 3.27. The highest BCUT2D eigenvalue weighted by atomic mass is 16.2. The van der Waals surface area contributed by atoms with Crippen LogP contribution < -0.4 is 16.0 Å². The Labute approximate surface area is 104 Å². The highest BCUT2D eigenvalue weighted by Gasteiger charge is 2.29. The zero-order valence-corrected chi connectivity index (χ0v) is 9.82. The van der Waals surface area contributed by atoms with Crippen LogP contribution in [0.2, 0.25) is 0 Å². The molecule has 4 amide bonds. The number of hydrogen-bond donors (Lipinski definition) is 3. The number of amides is 4. The fourth-order valence-corrected chi connectivity index (χ4v) is 1.63. The monoisotopic (exact) mass is 247 g/mol. The van der Waals surface area contributed by atoms with Gasteiger partial charge in [0, 0.05) is 5.69 Å². The van der Waals surface area contributed by atoms with Crippen LogP contribution in [0.25, 0.3) is 0 Å². The minimum Gasteiger partial charge on any atom is -0.325 e. The molecule has 18 heavy (non-hydrogen) atoms. The molecule has 0 radical (unpaired) electrons. The largest absolute Gasteiger partial charge is 0.325 e. The molecule has 6 nitrogen and oxygen atoms in total. The summed E-state index contributed by atoms with van der Waals surface area (Å²) in [5, 5.41) is 7.11. The lowest BCUT2D eigenvalue weighted by Gasteiger charge is -2.22. The van der Waals surface area contributed by atoms with Crippen molar-refractivity contribution in [3.63, 3.8) is 0 Å². The lowest BCUT2D eigenvalue weighted by atomic mass is 10.1. The van der Waals surface area contributed by atoms with Gasteiger partial charge in [-0.1, -0.05) is 17.7 Å². The first-order valence-corrected chi connectivity index (χ1v) is 5.52. The number of urea groups is 1. The molecule has 1 aromatic rings. The average molecular weight is 247 g/mol. The van der Waals surface area contributed by atoms with Crippen LogP contribution in [-0.4, -0.2) is 23.9 Å². The number of hydrogen-bond acceptors (Lipinski definition) is 3. The number of carbonyl (C=O) groups excluding carboxylic acids is 3. The predicted octanol–water partition coefficient (Wildman–Crippen LogP) is 0.532. The second kappa shape index (κ2) is 4.87. The molecule has 0 aromatic heterocycles. The zero-order chi connectivity index (χ0) is 13.1. The molecule has 0 spiro atoms. The van der Waals surface area contributed by atoms with Crippen LogP contribution in [-0.2, 0) is 9.59 Å². The molecular formula is C12H13N3O3. The Hall–Kier alpha value is -2.37. The Morgan fingerprint density at radius 1 is 1.28 bits per heavy atom. The van der Waals surface area contributed by atoms with Crippen molar-refractivity contribution in [2.75, 3.05) is 5.32 Å². The van der Waals surface area contributed by atoms with Crippen molar-refractivity contribution in [3.05, 3.63) is 29.8 Å². The lowest BCUT2D eigenvalue weighted by molar-refractivity contribution is -0.126. The highest BCUT2D eigenvalue weighted by Crippen LogP contribution is 2.10. The van der Waals surface area contributed by atoms with Crippen molar-refractivity contribution in [1.82, 2.24) is 10.6 Å². The number of rotatable bonds is 2. The van der Waals surface area contributed by atoms with E-state index in [-0.39, 0.29) is 6.42 Å². The van der Waals surface area contributed by atoms with Gasteiger partial charge in [-0.25, -0.2) is 4.79 Å². The van der Waals surface area contributed by atoms with E-state index in [2.05, 4.69) is 16.0 Å². The Morgan fingerprint density at radius 2 is 1.94 bits per heavy atom. The van der Waals surface area contributed by atoms with E-state index in [1.165, 1.54) is 0 Å². The molecule has 94 valence electrons. The lowest BCUT2D eigenvalue weighted by Crippen LogP contribution is -2.56. The number of imide groups is 1. The van der Waals surface area contributed by atoms with Gasteiger partial charge in [0.2, 0.25) is 11.8 Å². The highest BCUT2D eigenvalue weighted by molar-refractivity contribution is 6.05. The van der Waals surface area contributed by atoms with E-state index in [4.69, 9.17) is 0 Å². The molecule has 1 saturated heterocycles. The second-order valence-electron chi connectivity index (χ2n) is 4.13. The summed E-state index contributed by atoms with van der Waals surface area (Å²) in [7, 11) is 0. The summed E-state index contributed by atoms with van der Waals surface area (Å²) in [6.45, 7) is 1.94. The maximum Gasteiger partial charge on any atom is 0.322 e. The van der Waals surface area contributed by atoms with Gasteiger partial charge in [-0.2, -0.15) is 0 Å². The van der Waals surface area contributed by atoms with Crippen molar-refractivity contribution < 1.29 is 14.4 Å². The summed E-state index contributed by atoms with van der Waals surface area (Å²) in [5.41, 5.74) is 1.71. The van der Waals surface area contributed by atoms with Crippen LogP contribution in [0.3, 0.4) is 0 Å². The summed E-state index contributed by atoms with van der Waals surface area (Å²) in [4.78, 5) is 34.0. The smallest absolute Gasteiger partial charge is 0.322 e. The van der Waals surface area contributed by atoms with Crippen molar-refractivity contribution in [3.8, 4) is 0 Å². The fraction of sp³-hybridized carbons (Fsp3) is 0.250. The summed E-state index contributed by atoms with van der Waals surface area (Å²) in [6.07, 6.45) is -0.0521. The first-order valence-electron chi connectivity index (χ1n) is 5.52. The van der Waals surface area contributed by atoms with E-state index in [0.29, 0.717) is 5.69 Å². The molecule has 1 heterocycles. The van der Waals surface area contributed by atoms with Gasteiger partial charge < -0.3 is 10.6 Å². The normalized spacial score (nSPS) is 18.8. The maximum absolute atomic E-state index is 11.8. The first kappa shape index (κ1) is 12.1. The molecule has 1 atom stereocenters. The number of carbonyl (C=O) groups is 3. The van der Waals surface area contributed by atoms with E-state index < -0.39 is 23.9 Å². The van der Waals surface area contributed by atoms with Crippen LogP contribution in [0.15, 0.2) is 24.3 Å². The summed E-state index contributed by atoms with van der Waals surface area (Å²) in [6, 6.07) is 5.78. The van der Waals surface area contributed by atoms with Gasteiger partial charge in [0.05, 0.1) is 6.42 Å². The molecule has 3 N–H and O–H groups in total. The van der Waals surface area contributed by atoms with Crippen molar-refractivity contribution >= 4 is 23.5 Å². The number of anilines is 1. The van der Waals surface area contributed by atoms with Gasteiger partial charge in [-0.05, 0) is 19.1 Å². The molecule has 6 heteroatoms. The quantitative estimate of drug-likeness (QED) is 0.712. The van der Waals surface area contributed by atoms with Gasteiger partial charge >= 0.3 is 6.03 Å². The van der Waals surface area contributed by atoms with Crippen LogP contribution in [0.1, 0.15) is 12.0 Å². The minimum absolute atomic E-state index is 0.0521. The molecule has 1 aromatic carbocycles. The molecule has 0 aliphatic carbocycles. The predicted molar refractivity (Wildman–Crippen MR) is 64.9 cm³/mol. The molecule has 1 aliphatic heterocycles.